The van der Waals surface area contributed by atoms with Crippen LogP contribution in [0.5, 0.6) is 5.75 Å². The average Bonchev–Trinajstić information content (AvgIpc) is 2.37. The van der Waals surface area contributed by atoms with Crippen LogP contribution in [0.3, 0.4) is 0 Å². The average molecular weight is 283 g/mol. The summed E-state index contributed by atoms with van der Waals surface area (Å²) in [7, 11) is 0. The Kier molecular flexibility index (Phi) is 5.34. The maximum atomic E-state index is 12.7. The van der Waals surface area contributed by atoms with Gasteiger partial charge in [0.2, 0.25) is 0 Å². The van der Waals surface area contributed by atoms with Crippen molar-refractivity contribution in [3.8, 4) is 5.75 Å². The number of halogens is 1. The van der Waals surface area contributed by atoms with E-state index in [4.69, 9.17) is 9.47 Å². The predicted molar refractivity (Wildman–Crippen MR) is 74.4 cm³/mol. The molecule has 3 atom stereocenters. The fourth-order valence-corrected chi connectivity index (χ4v) is 2.51. The van der Waals surface area contributed by atoms with Crippen molar-refractivity contribution in [3.05, 3.63) is 30.1 Å². The van der Waals surface area contributed by atoms with E-state index in [-0.39, 0.29) is 24.6 Å². The number of hydrogen-bond acceptors (Lipinski definition) is 4. The number of morpholine rings is 1. The van der Waals surface area contributed by atoms with Gasteiger partial charge in [-0.25, -0.2) is 4.39 Å². The first-order chi connectivity index (χ1) is 9.52. The Morgan fingerprint density at radius 2 is 1.90 bits per heavy atom. The molecule has 0 amide bonds. The van der Waals surface area contributed by atoms with Crippen LogP contribution in [0.4, 0.5) is 4.39 Å². The summed E-state index contributed by atoms with van der Waals surface area (Å²) < 4.78 is 23.8. The van der Waals surface area contributed by atoms with Crippen LogP contribution < -0.4 is 4.74 Å². The zero-order chi connectivity index (χ0) is 14.5. The fourth-order valence-electron chi connectivity index (χ4n) is 2.51. The molecule has 1 heterocycles. The smallest absolute Gasteiger partial charge is 0.123 e. The first-order valence-corrected chi connectivity index (χ1v) is 6.97. The second-order valence-corrected chi connectivity index (χ2v) is 5.39. The number of nitrogens with zero attached hydrogens (tertiary/aromatic N) is 1. The lowest BCUT2D eigenvalue weighted by molar-refractivity contribution is -0.0786. The molecule has 1 N–H and O–H groups in total. The first-order valence-electron chi connectivity index (χ1n) is 6.97. The van der Waals surface area contributed by atoms with Crippen molar-refractivity contribution < 1.29 is 19.0 Å². The third-order valence-corrected chi connectivity index (χ3v) is 3.22. The number of rotatable bonds is 5. The van der Waals surface area contributed by atoms with Gasteiger partial charge in [0.15, 0.2) is 0 Å². The molecule has 0 aliphatic carbocycles. The van der Waals surface area contributed by atoms with Gasteiger partial charge in [0.25, 0.3) is 0 Å². The molecule has 0 aromatic heterocycles. The van der Waals surface area contributed by atoms with E-state index < -0.39 is 6.10 Å². The Morgan fingerprint density at radius 1 is 1.30 bits per heavy atom. The van der Waals surface area contributed by atoms with Gasteiger partial charge in [-0.2, -0.15) is 0 Å². The van der Waals surface area contributed by atoms with Crippen LogP contribution in [-0.4, -0.2) is 54.6 Å². The highest BCUT2D eigenvalue weighted by molar-refractivity contribution is 5.22. The van der Waals surface area contributed by atoms with E-state index in [0.717, 1.165) is 13.1 Å². The molecule has 0 spiro atoms. The zero-order valence-electron chi connectivity index (χ0n) is 12.0. The number of aliphatic hydroxyl groups excluding tert-OH is 1. The minimum Gasteiger partial charge on any atom is -0.491 e. The van der Waals surface area contributed by atoms with Crippen LogP contribution >= 0.6 is 0 Å². The van der Waals surface area contributed by atoms with Crippen LogP contribution in [-0.2, 0) is 4.74 Å². The van der Waals surface area contributed by atoms with Crippen molar-refractivity contribution in [2.45, 2.75) is 32.2 Å². The van der Waals surface area contributed by atoms with Gasteiger partial charge >= 0.3 is 0 Å². The highest BCUT2D eigenvalue weighted by Gasteiger charge is 2.23. The maximum Gasteiger partial charge on any atom is 0.123 e. The van der Waals surface area contributed by atoms with Crippen LogP contribution in [0.2, 0.25) is 0 Å². The lowest BCUT2D eigenvalue weighted by Gasteiger charge is -2.36. The summed E-state index contributed by atoms with van der Waals surface area (Å²) in [6.45, 7) is 6.45. The van der Waals surface area contributed by atoms with E-state index in [2.05, 4.69) is 4.90 Å². The molecular weight excluding hydrogens is 261 g/mol. The number of benzene rings is 1. The van der Waals surface area contributed by atoms with Gasteiger partial charge in [-0.05, 0) is 38.1 Å². The predicted octanol–water partition coefficient (Wildman–Crippen LogP) is 1.67. The Morgan fingerprint density at radius 3 is 2.50 bits per heavy atom. The van der Waals surface area contributed by atoms with Crippen molar-refractivity contribution in [1.29, 1.82) is 0 Å². The first kappa shape index (κ1) is 15.2. The lowest BCUT2D eigenvalue weighted by atomic mass is 10.2. The molecule has 1 aromatic carbocycles. The Balaban J connectivity index is 1.74. The molecule has 1 fully saturated rings. The van der Waals surface area contributed by atoms with Gasteiger partial charge in [0, 0.05) is 19.6 Å². The Bertz CT molecular complexity index is 402. The van der Waals surface area contributed by atoms with Crippen LogP contribution in [0, 0.1) is 5.82 Å². The monoisotopic (exact) mass is 283 g/mol. The largest absolute Gasteiger partial charge is 0.491 e. The Labute approximate surface area is 119 Å². The second-order valence-electron chi connectivity index (χ2n) is 5.39. The van der Waals surface area contributed by atoms with E-state index in [9.17, 15) is 9.50 Å². The molecule has 0 saturated carbocycles. The van der Waals surface area contributed by atoms with Crippen LogP contribution in [0.15, 0.2) is 24.3 Å². The third kappa shape index (κ3) is 4.74. The maximum absolute atomic E-state index is 12.7. The van der Waals surface area contributed by atoms with E-state index in [1.807, 2.05) is 13.8 Å². The molecule has 4 nitrogen and oxygen atoms in total. The van der Waals surface area contributed by atoms with E-state index >= 15 is 0 Å². The fraction of sp³-hybridized carbons (Fsp3) is 0.600. The topological polar surface area (TPSA) is 41.9 Å². The quantitative estimate of drug-likeness (QED) is 0.892. The lowest BCUT2D eigenvalue weighted by Crippen LogP contribution is -2.48. The van der Waals surface area contributed by atoms with Crippen molar-refractivity contribution in [3.63, 3.8) is 0 Å². The number of aliphatic hydroxyl groups is 1. The molecule has 20 heavy (non-hydrogen) atoms. The SMILES string of the molecule is C[C@@H]1CN(C[C@@H](O)COc2ccc(F)cc2)C[C@H](C)O1. The molecule has 1 aromatic rings. The number of β-amino-alcohol motifs (C(OH)–C–C–N with tert-alkyl or cyclic N) is 1. The van der Waals surface area contributed by atoms with Crippen molar-refractivity contribution >= 4 is 0 Å². The van der Waals surface area contributed by atoms with Gasteiger partial charge < -0.3 is 14.6 Å². The summed E-state index contributed by atoms with van der Waals surface area (Å²) in [6.07, 6.45) is -0.203. The minimum absolute atomic E-state index is 0.184. The molecule has 2 rings (SSSR count). The summed E-state index contributed by atoms with van der Waals surface area (Å²) in [4.78, 5) is 2.18. The van der Waals surface area contributed by atoms with Crippen molar-refractivity contribution in [2.24, 2.45) is 0 Å². The molecule has 0 radical (unpaired) electrons. The normalized spacial score (nSPS) is 25.4. The number of ether oxygens (including phenoxy) is 2. The molecule has 5 heteroatoms. The zero-order valence-corrected chi connectivity index (χ0v) is 12.0. The minimum atomic E-state index is -0.572. The molecule has 1 aliphatic heterocycles. The van der Waals surface area contributed by atoms with Crippen molar-refractivity contribution in [1.82, 2.24) is 4.90 Å². The van der Waals surface area contributed by atoms with Gasteiger partial charge in [-0.1, -0.05) is 0 Å². The molecule has 112 valence electrons. The summed E-state index contributed by atoms with van der Waals surface area (Å²) >= 11 is 0. The summed E-state index contributed by atoms with van der Waals surface area (Å²) in [5, 5.41) is 10.0. The van der Waals surface area contributed by atoms with E-state index in [1.165, 1.54) is 12.1 Å². The highest BCUT2D eigenvalue weighted by Crippen LogP contribution is 2.13. The summed E-state index contributed by atoms with van der Waals surface area (Å²) in [5.41, 5.74) is 0. The van der Waals surface area contributed by atoms with Crippen LogP contribution in [0.25, 0.3) is 0 Å². The number of hydrogen-bond donors (Lipinski definition) is 1. The molecule has 0 unspecified atom stereocenters. The summed E-state index contributed by atoms with van der Waals surface area (Å²) in [5.74, 6) is 0.267. The van der Waals surface area contributed by atoms with E-state index in [1.54, 1.807) is 12.1 Å². The van der Waals surface area contributed by atoms with Gasteiger partial charge in [0.05, 0.1) is 12.2 Å². The molecule has 0 bridgehead atoms. The Hall–Kier alpha value is -1.17. The highest BCUT2D eigenvalue weighted by atomic mass is 19.1. The van der Waals surface area contributed by atoms with Gasteiger partial charge in [0.1, 0.15) is 24.3 Å². The third-order valence-electron chi connectivity index (χ3n) is 3.22. The van der Waals surface area contributed by atoms with Gasteiger partial charge in [-0.15, -0.1) is 0 Å². The van der Waals surface area contributed by atoms with Crippen molar-refractivity contribution in [2.75, 3.05) is 26.2 Å². The summed E-state index contributed by atoms with van der Waals surface area (Å²) in [6, 6.07) is 5.79. The second kappa shape index (κ2) is 7.02. The van der Waals surface area contributed by atoms with Crippen LogP contribution in [0.1, 0.15) is 13.8 Å². The molecular formula is C15H22FNO3. The van der Waals surface area contributed by atoms with E-state index in [0.29, 0.717) is 12.3 Å². The molecule has 1 saturated heterocycles. The standard InChI is InChI=1S/C15H22FNO3/c1-11-7-17(8-12(2)20-11)9-14(18)10-19-15-5-3-13(16)4-6-15/h3-6,11-12,14,18H,7-10H2,1-2H3/t11-,12+,14-/m1/s1. The van der Waals surface area contributed by atoms with Gasteiger partial charge in [-0.3, -0.25) is 4.90 Å². The molecule has 1 aliphatic rings.